The van der Waals surface area contributed by atoms with Crippen molar-refractivity contribution >= 4 is 43.8 Å². The van der Waals surface area contributed by atoms with E-state index >= 15 is 0 Å². The highest BCUT2D eigenvalue weighted by Gasteiger charge is 2.24. The Balaban J connectivity index is 2.03. The molecule has 0 fully saturated rings. The van der Waals surface area contributed by atoms with Gasteiger partial charge in [-0.25, -0.2) is 0 Å². The average Bonchev–Trinajstić information content (AvgIpc) is 3.16. The first-order chi connectivity index (χ1) is 14.0. The molecule has 5 aromatic rings. The van der Waals surface area contributed by atoms with Crippen LogP contribution in [0.15, 0.2) is 48.5 Å². The predicted molar refractivity (Wildman–Crippen MR) is 125 cm³/mol. The highest BCUT2D eigenvalue weighted by molar-refractivity contribution is 6.23. The molecule has 0 saturated carbocycles. The fourth-order valence-electron chi connectivity index (χ4n) is 4.55. The molecule has 3 aromatic carbocycles. The lowest BCUT2D eigenvalue weighted by Gasteiger charge is -2.20. The third kappa shape index (κ3) is 2.53. The Morgan fingerprint density at radius 1 is 0.700 bits per heavy atom. The Morgan fingerprint density at radius 2 is 1.20 bits per heavy atom. The number of nitrogens with zero attached hydrogens (tertiary/aromatic N) is 2. The summed E-state index contributed by atoms with van der Waals surface area (Å²) < 4.78 is 2.28. The van der Waals surface area contributed by atoms with Gasteiger partial charge in [0, 0.05) is 33.7 Å². The van der Waals surface area contributed by atoms with E-state index in [-0.39, 0.29) is 21.4 Å². The van der Waals surface area contributed by atoms with Crippen LogP contribution in [0.3, 0.4) is 0 Å². The highest BCUT2D eigenvalue weighted by Crippen LogP contribution is 2.43. The minimum Gasteiger partial charge on any atom is -0.308 e. The van der Waals surface area contributed by atoms with Crippen molar-refractivity contribution in [3.8, 4) is 0 Å². The molecule has 0 radical (unpaired) electrons. The standard InChI is InChI=1S/C26H26N2O2/c1-25(2,3)15-7-9-22-18(11-15)20-12-16(26(4,5)6)13-21-19-14-17(28(29)30)8-10-23(19)27(22)24(20)21/h7-14H,1-6H3. The lowest BCUT2D eigenvalue weighted by molar-refractivity contribution is -0.384. The molecule has 5 rings (SSSR count). The molecule has 0 aliphatic rings. The van der Waals surface area contributed by atoms with Crippen molar-refractivity contribution in [2.24, 2.45) is 0 Å². The van der Waals surface area contributed by atoms with Crippen LogP contribution in [0, 0.1) is 10.1 Å². The summed E-state index contributed by atoms with van der Waals surface area (Å²) in [5, 5.41) is 15.9. The first-order valence-corrected chi connectivity index (χ1v) is 10.4. The number of hydrogen-bond acceptors (Lipinski definition) is 2. The summed E-state index contributed by atoms with van der Waals surface area (Å²) in [6, 6.07) is 16.5. The molecule has 0 spiro atoms. The number of fused-ring (bicyclic) bond motifs is 6. The van der Waals surface area contributed by atoms with Crippen LogP contribution in [-0.2, 0) is 10.8 Å². The Hall–Kier alpha value is -3.14. The summed E-state index contributed by atoms with van der Waals surface area (Å²) in [6.45, 7) is 13.3. The molecule has 4 heteroatoms. The maximum atomic E-state index is 11.4. The molecule has 0 N–H and O–H groups in total. The second kappa shape index (κ2) is 5.72. The van der Waals surface area contributed by atoms with Gasteiger partial charge in [-0.2, -0.15) is 0 Å². The number of rotatable bonds is 1. The number of nitro benzene ring substituents is 1. The van der Waals surface area contributed by atoms with Gasteiger partial charge in [0.15, 0.2) is 0 Å². The van der Waals surface area contributed by atoms with Crippen molar-refractivity contribution in [2.75, 3.05) is 0 Å². The van der Waals surface area contributed by atoms with Gasteiger partial charge >= 0.3 is 0 Å². The van der Waals surface area contributed by atoms with Crippen LogP contribution in [-0.4, -0.2) is 9.32 Å². The molecular formula is C26H26N2O2. The second-order valence-corrected chi connectivity index (χ2v) is 10.4. The van der Waals surface area contributed by atoms with Gasteiger partial charge < -0.3 is 4.40 Å². The van der Waals surface area contributed by atoms with Crippen LogP contribution in [0.25, 0.3) is 38.1 Å². The van der Waals surface area contributed by atoms with E-state index in [2.05, 4.69) is 76.3 Å². The predicted octanol–water partition coefficient (Wildman–Crippen LogP) is 7.34. The van der Waals surface area contributed by atoms with E-state index in [1.54, 1.807) is 12.1 Å². The van der Waals surface area contributed by atoms with Crippen LogP contribution < -0.4 is 0 Å². The van der Waals surface area contributed by atoms with Gasteiger partial charge in [0.1, 0.15) is 0 Å². The minimum absolute atomic E-state index is 0.0236. The van der Waals surface area contributed by atoms with Crippen LogP contribution in [0.4, 0.5) is 5.69 Å². The van der Waals surface area contributed by atoms with Crippen molar-refractivity contribution in [2.45, 2.75) is 52.4 Å². The zero-order valence-corrected chi connectivity index (χ0v) is 18.3. The van der Waals surface area contributed by atoms with Gasteiger partial charge in [0.05, 0.1) is 21.5 Å². The van der Waals surface area contributed by atoms with Crippen molar-refractivity contribution in [1.82, 2.24) is 4.40 Å². The van der Waals surface area contributed by atoms with Gasteiger partial charge in [0.25, 0.3) is 5.69 Å². The van der Waals surface area contributed by atoms with Gasteiger partial charge in [-0.15, -0.1) is 0 Å². The van der Waals surface area contributed by atoms with Crippen LogP contribution in [0.5, 0.6) is 0 Å². The van der Waals surface area contributed by atoms with Crippen LogP contribution >= 0.6 is 0 Å². The number of nitro groups is 1. The zero-order valence-electron chi connectivity index (χ0n) is 18.3. The third-order valence-corrected chi connectivity index (χ3v) is 6.32. The maximum Gasteiger partial charge on any atom is 0.270 e. The molecule has 30 heavy (non-hydrogen) atoms. The molecule has 0 saturated heterocycles. The molecule has 4 nitrogen and oxygen atoms in total. The molecule has 2 heterocycles. The second-order valence-electron chi connectivity index (χ2n) is 10.4. The largest absolute Gasteiger partial charge is 0.308 e. The van der Waals surface area contributed by atoms with E-state index in [0.29, 0.717) is 0 Å². The van der Waals surface area contributed by atoms with E-state index in [1.807, 2.05) is 6.07 Å². The summed E-state index contributed by atoms with van der Waals surface area (Å²) in [4.78, 5) is 11.1. The lowest BCUT2D eigenvalue weighted by atomic mass is 9.84. The molecule has 0 amide bonds. The summed E-state index contributed by atoms with van der Waals surface area (Å²) in [6.07, 6.45) is 0. The quantitative estimate of drug-likeness (QED) is 0.219. The normalized spacial score (nSPS) is 13.3. The molecule has 0 bridgehead atoms. The first-order valence-electron chi connectivity index (χ1n) is 10.4. The van der Waals surface area contributed by atoms with Crippen molar-refractivity contribution in [3.05, 3.63) is 69.8 Å². The molecule has 152 valence electrons. The number of non-ortho nitro benzene ring substituents is 1. The van der Waals surface area contributed by atoms with Crippen molar-refractivity contribution < 1.29 is 4.92 Å². The van der Waals surface area contributed by atoms with E-state index in [1.165, 1.54) is 21.9 Å². The summed E-state index contributed by atoms with van der Waals surface area (Å²) in [5.74, 6) is 0. The highest BCUT2D eigenvalue weighted by atomic mass is 16.6. The zero-order chi connectivity index (χ0) is 21.6. The SMILES string of the molecule is CC(C)(C)c1ccc2c(c1)c1cc(C(C)(C)C)cc3c4cc([N+](=O)[O-])ccc4n2c31. The molecule has 0 unspecified atom stereocenters. The van der Waals surface area contributed by atoms with Crippen molar-refractivity contribution in [3.63, 3.8) is 0 Å². The Kier molecular flexibility index (Phi) is 3.60. The van der Waals surface area contributed by atoms with E-state index in [4.69, 9.17) is 0 Å². The van der Waals surface area contributed by atoms with E-state index in [0.717, 1.165) is 27.3 Å². The summed E-state index contributed by atoms with van der Waals surface area (Å²) in [7, 11) is 0. The molecule has 0 atom stereocenters. The summed E-state index contributed by atoms with van der Waals surface area (Å²) in [5.41, 5.74) is 6.04. The smallest absolute Gasteiger partial charge is 0.270 e. The van der Waals surface area contributed by atoms with E-state index < -0.39 is 0 Å². The summed E-state index contributed by atoms with van der Waals surface area (Å²) >= 11 is 0. The van der Waals surface area contributed by atoms with Crippen LogP contribution in [0.1, 0.15) is 52.7 Å². The van der Waals surface area contributed by atoms with Gasteiger partial charge in [-0.1, -0.05) is 47.6 Å². The molecule has 2 aromatic heterocycles. The number of benzene rings is 3. The average molecular weight is 399 g/mol. The Bertz CT molecular complexity index is 1480. The molecule has 0 aliphatic heterocycles. The van der Waals surface area contributed by atoms with Gasteiger partial charge in [-0.05, 0) is 52.3 Å². The van der Waals surface area contributed by atoms with Gasteiger partial charge in [-0.3, -0.25) is 10.1 Å². The fourth-order valence-corrected chi connectivity index (χ4v) is 4.55. The number of aromatic nitrogens is 1. The Morgan fingerprint density at radius 3 is 1.73 bits per heavy atom. The lowest BCUT2D eigenvalue weighted by Crippen LogP contribution is -2.11. The van der Waals surface area contributed by atoms with Gasteiger partial charge in [0.2, 0.25) is 0 Å². The van der Waals surface area contributed by atoms with E-state index in [9.17, 15) is 10.1 Å². The maximum absolute atomic E-state index is 11.4. The first kappa shape index (κ1) is 18.9. The monoisotopic (exact) mass is 398 g/mol. The molecular weight excluding hydrogens is 372 g/mol. The third-order valence-electron chi connectivity index (χ3n) is 6.32. The minimum atomic E-state index is -0.313. The van der Waals surface area contributed by atoms with Crippen molar-refractivity contribution in [1.29, 1.82) is 0 Å². The fraction of sp³-hybridized carbons (Fsp3) is 0.308. The van der Waals surface area contributed by atoms with Crippen LogP contribution in [0.2, 0.25) is 0 Å². The molecule has 0 aliphatic carbocycles. The Labute approximate surface area is 175 Å². The number of hydrogen-bond donors (Lipinski definition) is 0. The topological polar surface area (TPSA) is 47.5 Å².